The van der Waals surface area contributed by atoms with Crippen LogP contribution in [0.25, 0.3) is 0 Å². The van der Waals surface area contributed by atoms with E-state index in [0.29, 0.717) is 12.5 Å². The quantitative estimate of drug-likeness (QED) is 0.758. The van der Waals surface area contributed by atoms with Crippen molar-refractivity contribution < 1.29 is 0 Å². The number of pyridine rings is 1. The number of hydrogen-bond donors (Lipinski definition) is 3. The molecule has 1 fully saturated rings. The van der Waals surface area contributed by atoms with E-state index in [1.807, 2.05) is 6.20 Å². The summed E-state index contributed by atoms with van der Waals surface area (Å²) in [5, 5.41) is 6.92. The molecule has 0 saturated heterocycles. The fraction of sp³-hybridized carbons (Fsp3) is 0.636. The van der Waals surface area contributed by atoms with Crippen LogP contribution in [0.4, 0.5) is 0 Å². The first-order chi connectivity index (χ1) is 12.7. The summed E-state index contributed by atoms with van der Waals surface area (Å²) in [4.78, 5) is 9.59. The van der Waals surface area contributed by atoms with E-state index >= 15 is 0 Å². The third-order valence-electron chi connectivity index (χ3n) is 5.70. The van der Waals surface area contributed by atoms with Gasteiger partial charge in [0.15, 0.2) is 5.79 Å². The molecule has 1 aromatic heterocycles. The molecule has 1 unspecified atom stereocenters. The lowest BCUT2D eigenvalue weighted by molar-refractivity contribution is 0.320. The van der Waals surface area contributed by atoms with Gasteiger partial charge in [0.25, 0.3) is 0 Å². The van der Waals surface area contributed by atoms with E-state index < -0.39 is 5.79 Å². The third-order valence-corrected chi connectivity index (χ3v) is 5.70. The number of aromatic nitrogens is 1. The number of rotatable bonds is 3. The zero-order valence-corrected chi connectivity index (χ0v) is 17.5. The van der Waals surface area contributed by atoms with Gasteiger partial charge in [0.1, 0.15) is 5.84 Å². The molecule has 1 aliphatic carbocycles. The molecule has 1 aromatic rings. The second-order valence-electron chi connectivity index (χ2n) is 9.20. The predicted molar refractivity (Wildman–Crippen MR) is 113 cm³/mol. The zero-order valence-electron chi connectivity index (χ0n) is 17.5. The van der Waals surface area contributed by atoms with Crippen LogP contribution < -0.4 is 16.4 Å². The highest BCUT2D eigenvalue weighted by Gasteiger charge is 2.33. The standard InChI is InChI=1S/C22H35N5/c1-15-16(2)26-22(23,27-20(15)25-18-9-7-6-8-10-18)14-19-13-17(11-12-24-19)21(3,4)5/h11-13,18,26H,6-10,14,23H2,1-5H3,(H,25,27). The van der Waals surface area contributed by atoms with E-state index in [1.165, 1.54) is 37.7 Å². The SMILES string of the molecule is CC1=C(C)C(=NC2CCCCC2)NC(N)(Cc2cc(C(C)(C)C)ccn2)N1. The molecule has 5 nitrogen and oxygen atoms in total. The van der Waals surface area contributed by atoms with Gasteiger partial charge in [-0.2, -0.15) is 0 Å². The van der Waals surface area contributed by atoms with Crippen molar-refractivity contribution in [2.75, 3.05) is 0 Å². The molecule has 2 aliphatic rings. The van der Waals surface area contributed by atoms with E-state index in [9.17, 15) is 0 Å². The number of nitrogens with one attached hydrogen (secondary N) is 2. The molecule has 4 N–H and O–H groups in total. The molecular weight excluding hydrogens is 334 g/mol. The molecule has 0 amide bonds. The molecule has 2 heterocycles. The van der Waals surface area contributed by atoms with Crippen LogP contribution in [0.2, 0.25) is 0 Å². The summed E-state index contributed by atoms with van der Waals surface area (Å²) in [6, 6.07) is 4.66. The van der Waals surface area contributed by atoms with Gasteiger partial charge in [0.2, 0.25) is 0 Å². The molecule has 1 aliphatic heterocycles. The van der Waals surface area contributed by atoms with Crippen molar-refractivity contribution in [3.05, 3.63) is 40.9 Å². The van der Waals surface area contributed by atoms with Gasteiger partial charge in [-0.3, -0.25) is 15.7 Å². The first-order valence-corrected chi connectivity index (χ1v) is 10.2. The molecule has 5 heteroatoms. The van der Waals surface area contributed by atoms with Crippen LogP contribution in [0.3, 0.4) is 0 Å². The van der Waals surface area contributed by atoms with Crippen molar-refractivity contribution in [3.8, 4) is 0 Å². The zero-order chi connectivity index (χ0) is 19.7. The van der Waals surface area contributed by atoms with Crippen LogP contribution >= 0.6 is 0 Å². The smallest absolute Gasteiger partial charge is 0.168 e. The molecule has 0 aromatic carbocycles. The minimum Gasteiger partial charge on any atom is -0.354 e. The number of hydrogen-bond acceptors (Lipinski definition) is 4. The van der Waals surface area contributed by atoms with E-state index in [0.717, 1.165) is 22.8 Å². The van der Waals surface area contributed by atoms with Gasteiger partial charge in [-0.25, -0.2) is 0 Å². The van der Waals surface area contributed by atoms with Crippen molar-refractivity contribution >= 4 is 5.84 Å². The Morgan fingerprint density at radius 3 is 2.56 bits per heavy atom. The van der Waals surface area contributed by atoms with E-state index in [-0.39, 0.29) is 5.41 Å². The number of aliphatic imine (C=N–C) groups is 1. The van der Waals surface area contributed by atoms with Crippen LogP contribution in [0.5, 0.6) is 0 Å². The molecule has 0 bridgehead atoms. The maximum atomic E-state index is 6.72. The fourth-order valence-electron chi connectivity index (χ4n) is 3.88. The number of nitrogens with zero attached hydrogens (tertiary/aromatic N) is 2. The Morgan fingerprint density at radius 1 is 1.19 bits per heavy atom. The van der Waals surface area contributed by atoms with Crippen LogP contribution in [-0.4, -0.2) is 22.6 Å². The topological polar surface area (TPSA) is 75.3 Å². The highest BCUT2D eigenvalue weighted by Crippen LogP contribution is 2.25. The van der Waals surface area contributed by atoms with Crippen molar-refractivity contribution in [2.45, 2.75) is 90.4 Å². The van der Waals surface area contributed by atoms with E-state index in [1.54, 1.807) is 0 Å². The van der Waals surface area contributed by atoms with Crippen molar-refractivity contribution in [1.29, 1.82) is 0 Å². The van der Waals surface area contributed by atoms with E-state index in [4.69, 9.17) is 10.7 Å². The molecule has 1 atom stereocenters. The Hall–Kier alpha value is -1.88. The van der Waals surface area contributed by atoms with Gasteiger partial charge < -0.3 is 10.6 Å². The molecule has 27 heavy (non-hydrogen) atoms. The summed E-state index contributed by atoms with van der Waals surface area (Å²) in [6.45, 7) is 10.8. The average Bonchev–Trinajstić information content (AvgIpc) is 2.59. The largest absolute Gasteiger partial charge is 0.354 e. The molecular formula is C22H35N5. The van der Waals surface area contributed by atoms with Crippen LogP contribution in [0.15, 0.2) is 34.6 Å². The highest BCUT2D eigenvalue weighted by atomic mass is 15.3. The highest BCUT2D eigenvalue weighted by molar-refractivity contribution is 5.99. The third kappa shape index (κ3) is 4.89. The second-order valence-corrected chi connectivity index (χ2v) is 9.20. The lowest BCUT2D eigenvalue weighted by atomic mass is 9.87. The van der Waals surface area contributed by atoms with Crippen LogP contribution in [-0.2, 0) is 11.8 Å². The van der Waals surface area contributed by atoms with Gasteiger partial charge in [0, 0.05) is 29.6 Å². The van der Waals surface area contributed by atoms with Gasteiger partial charge in [-0.15, -0.1) is 0 Å². The first-order valence-electron chi connectivity index (χ1n) is 10.2. The molecule has 0 radical (unpaired) electrons. The Balaban J connectivity index is 1.82. The minimum atomic E-state index is -0.777. The Morgan fingerprint density at radius 2 is 1.89 bits per heavy atom. The summed E-state index contributed by atoms with van der Waals surface area (Å²) in [7, 11) is 0. The van der Waals surface area contributed by atoms with Gasteiger partial charge >= 0.3 is 0 Å². The van der Waals surface area contributed by atoms with Crippen LogP contribution in [0.1, 0.15) is 78.0 Å². The van der Waals surface area contributed by atoms with Crippen molar-refractivity contribution in [1.82, 2.24) is 15.6 Å². The van der Waals surface area contributed by atoms with E-state index in [2.05, 4.69) is 62.4 Å². The summed E-state index contributed by atoms with van der Waals surface area (Å²) >= 11 is 0. The lowest BCUT2D eigenvalue weighted by Crippen LogP contribution is -2.69. The van der Waals surface area contributed by atoms with Crippen LogP contribution in [0, 0.1) is 0 Å². The Bertz CT molecular complexity index is 737. The molecule has 1 saturated carbocycles. The van der Waals surface area contributed by atoms with Gasteiger partial charge in [0.05, 0.1) is 6.04 Å². The van der Waals surface area contributed by atoms with Gasteiger partial charge in [-0.05, 0) is 49.8 Å². The summed E-state index contributed by atoms with van der Waals surface area (Å²) in [5.41, 5.74) is 11.3. The molecule has 3 rings (SSSR count). The average molecular weight is 370 g/mol. The Kier molecular flexibility index (Phi) is 5.61. The fourth-order valence-corrected chi connectivity index (χ4v) is 3.88. The number of nitrogens with two attached hydrogens (primary N) is 1. The minimum absolute atomic E-state index is 0.0902. The molecule has 148 valence electrons. The van der Waals surface area contributed by atoms with Crippen molar-refractivity contribution in [3.63, 3.8) is 0 Å². The Labute approximate surface area is 163 Å². The summed E-state index contributed by atoms with van der Waals surface area (Å²) < 4.78 is 0. The first kappa shape index (κ1) is 19.9. The second kappa shape index (κ2) is 7.63. The van der Waals surface area contributed by atoms with Crippen molar-refractivity contribution in [2.24, 2.45) is 10.7 Å². The molecule has 0 spiro atoms. The monoisotopic (exact) mass is 369 g/mol. The maximum absolute atomic E-state index is 6.72. The van der Waals surface area contributed by atoms with Gasteiger partial charge in [-0.1, -0.05) is 40.0 Å². The summed E-state index contributed by atoms with van der Waals surface area (Å²) in [6.07, 6.45) is 8.71. The number of amidine groups is 1. The maximum Gasteiger partial charge on any atom is 0.168 e. The summed E-state index contributed by atoms with van der Waals surface area (Å²) in [5.74, 6) is 0.160. The number of allylic oxidation sites excluding steroid dienone is 1. The lowest BCUT2D eigenvalue weighted by Gasteiger charge is -2.39. The normalized spacial score (nSPS) is 26.1. The predicted octanol–water partition coefficient (Wildman–Crippen LogP) is 3.75.